The van der Waals surface area contributed by atoms with Crippen LogP contribution in [0.2, 0.25) is 0 Å². The summed E-state index contributed by atoms with van der Waals surface area (Å²) in [6.07, 6.45) is 24.9. The van der Waals surface area contributed by atoms with Gasteiger partial charge in [0, 0.05) is 12.5 Å². The molecule has 0 aliphatic heterocycles. The molecule has 0 saturated heterocycles. The van der Waals surface area contributed by atoms with E-state index in [0.717, 1.165) is 6.42 Å². The first-order valence-electron chi connectivity index (χ1n) is 9.13. The fourth-order valence-corrected chi connectivity index (χ4v) is 2.93. The second kappa shape index (κ2) is 12.9. The van der Waals surface area contributed by atoms with Crippen LogP contribution in [0.15, 0.2) is 17.7 Å². The van der Waals surface area contributed by atoms with E-state index in [4.69, 9.17) is 0 Å². The summed E-state index contributed by atoms with van der Waals surface area (Å²) in [7, 11) is 0. The minimum Gasteiger partial charge on any atom is -0.294 e. The van der Waals surface area contributed by atoms with Crippen LogP contribution in [0.3, 0.4) is 0 Å². The van der Waals surface area contributed by atoms with Gasteiger partial charge in [0.1, 0.15) is 0 Å². The summed E-state index contributed by atoms with van der Waals surface area (Å²) < 4.78 is 0. The van der Waals surface area contributed by atoms with Crippen LogP contribution in [0.1, 0.15) is 96.8 Å². The molecule has 1 radical (unpaired) electrons. The molecule has 0 N–H and O–H groups in total. The molecule has 1 aliphatic carbocycles. The SMILES string of the molecule is CCCCCCCCCCCCCCC1=CC=[C]C(=O)C1. The number of hydrogen-bond acceptors (Lipinski definition) is 1. The highest BCUT2D eigenvalue weighted by Gasteiger charge is 2.06. The van der Waals surface area contributed by atoms with Crippen LogP contribution in [0.25, 0.3) is 0 Å². The molecular weight excluding hydrogens is 256 g/mol. The van der Waals surface area contributed by atoms with E-state index >= 15 is 0 Å². The third kappa shape index (κ3) is 10.5. The van der Waals surface area contributed by atoms with E-state index in [-0.39, 0.29) is 5.78 Å². The summed E-state index contributed by atoms with van der Waals surface area (Å²) in [6.45, 7) is 2.28. The van der Waals surface area contributed by atoms with Gasteiger partial charge in [-0.3, -0.25) is 4.79 Å². The van der Waals surface area contributed by atoms with Crippen LogP contribution < -0.4 is 0 Å². The lowest BCUT2D eigenvalue weighted by Crippen LogP contribution is -2.00. The van der Waals surface area contributed by atoms with Gasteiger partial charge in [0.2, 0.25) is 0 Å². The second-order valence-corrected chi connectivity index (χ2v) is 6.37. The van der Waals surface area contributed by atoms with Crippen LogP contribution in [-0.4, -0.2) is 5.78 Å². The van der Waals surface area contributed by atoms with Gasteiger partial charge in [0.15, 0.2) is 5.78 Å². The topological polar surface area (TPSA) is 17.1 Å². The molecule has 0 bridgehead atoms. The lowest BCUT2D eigenvalue weighted by Gasteiger charge is -2.07. The van der Waals surface area contributed by atoms with Gasteiger partial charge in [-0.1, -0.05) is 95.3 Å². The average Bonchev–Trinajstić information content (AvgIpc) is 2.48. The molecule has 1 aliphatic rings. The lowest BCUT2D eigenvalue weighted by atomic mass is 9.97. The molecule has 1 rings (SSSR count). The fraction of sp³-hybridized carbons (Fsp3) is 0.750. The fourth-order valence-electron chi connectivity index (χ4n) is 2.93. The predicted molar refractivity (Wildman–Crippen MR) is 91.2 cm³/mol. The van der Waals surface area contributed by atoms with Gasteiger partial charge in [-0.05, 0) is 12.8 Å². The van der Waals surface area contributed by atoms with E-state index in [1.54, 1.807) is 6.08 Å². The molecule has 0 heterocycles. The van der Waals surface area contributed by atoms with E-state index in [1.807, 2.05) is 0 Å². The Morgan fingerprint density at radius 1 is 0.857 bits per heavy atom. The van der Waals surface area contributed by atoms with Crippen LogP contribution in [0, 0.1) is 6.08 Å². The van der Waals surface area contributed by atoms with Crippen molar-refractivity contribution in [3.8, 4) is 0 Å². The first-order valence-corrected chi connectivity index (χ1v) is 9.13. The summed E-state index contributed by atoms with van der Waals surface area (Å²) in [4.78, 5) is 11.2. The van der Waals surface area contributed by atoms with E-state index < -0.39 is 0 Å². The first kappa shape index (κ1) is 18.2. The van der Waals surface area contributed by atoms with Gasteiger partial charge < -0.3 is 0 Å². The molecule has 0 aromatic rings. The monoisotopic (exact) mass is 289 g/mol. The largest absolute Gasteiger partial charge is 0.294 e. The summed E-state index contributed by atoms with van der Waals surface area (Å²) in [5.41, 5.74) is 1.30. The molecule has 0 amide bonds. The van der Waals surface area contributed by atoms with Crippen LogP contribution in [0.4, 0.5) is 0 Å². The normalized spacial score (nSPS) is 14.5. The van der Waals surface area contributed by atoms with E-state index in [9.17, 15) is 4.79 Å². The number of allylic oxidation sites excluding steroid dienone is 4. The predicted octanol–water partition coefficient (Wildman–Crippen LogP) is 6.34. The van der Waals surface area contributed by atoms with Crippen molar-refractivity contribution in [1.29, 1.82) is 0 Å². The standard InChI is InChI=1S/C20H33O/c1-2-3-4-5-6-7-8-9-10-11-12-13-15-19-16-14-17-20(21)18-19/h14,16H,2-13,15,18H2,1H3. The van der Waals surface area contributed by atoms with Crippen LogP contribution >= 0.6 is 0 Å². The summed E-state index contributed by atoms with van der Waals surface area (Å²) in [5.74, 6) is 0.145. The minimum atomic E-state index is 0.145. The number of carbonyl (C=O) groups is 1. The van der Waals surface area contributed by atoms with Crippen molar-refractivity contribution in [2.24, 2.45) is 0 Å². The first-order chi connectivity index (χ1) is 10.3. The maximum atomic E-state index is 11.2. The Morgan fingerprint density at radius 2 is 1.38 bits per heavy atom. The lowest BCUT2D eigenvalue weighted by molar-refractivity contribution is -0.114. The number of Topliss-reactive ketones (excluding diaryl/α,β-unsaturated/α-hetero) is 1. The van der Waals surface area contributed by atoms with Crippen molar-refractivity contribution >= 4 is 5.78 Å². The number of ketones is 1. The molecule has 0 unspecified atom stereocenters. The molecule has 119 valence electrons. The Morgan fingerprint density at radius 3 is 1.90 bits per heavy atom. The minimum absolute atomic E-state index is 0.145. The maximum Gasteiger partial charge on any atom is 0.167 e. The van der Waals surface area contributed by atoms with Crippen LogP contribution in [-0.2, 0) is 4.79 Å². The summed E-state index contributed by atoms with van der Waals surface area (Å²) in [6, 6.07) is 0. The third-order valence-electron chi connectivity index (χ3n) is 4.30. The van der Waals surface area contributed by atoms with Gasteiger partial charge in [-0.25, -0.2) is 0 Å². The molecule has 0 aromatic carbocycles. The number of rotatable bonds is 13. The maximum absolute atomic E-state index is 11.2. The molecule has 0 saturated carbocycles. The third-order valence-corrected chi connectivity index (χ3v) is 4.30. The Hall–Kier alpha value is -0.850. The van der Waals surface area contributed by atoms with Crippen molar-refractivity contribution in [3.05, 3.63) is 23.8 Å². The molecule has 0 atom stereocenters. The quantitative estimate of drug-likeness (QED) is 0.362. The molecule has 0 spiro atoms. The van der Waals surface area contributed by atoms with E-state index in [1.165, 1.54) is 82.6 Å². The summed E-state index contributed by atoms with van der Waals surface area (Å²) in [5, 5.41) is 0. The van der Waals surface area contributed by atoms with Gasteiger partial charge in [0.25, 0.3) is 0 Å². The Balaban J connectivity index is 1.80. The van der Waals surface area contributed by atoms with Crippen LogP contribution in [0.5, 0.6) is 0 Å². The highest BCUT2D eigenvalue weighted by molar-refractivity contribution is 5.89. The highest BCUT2D eigenvalue weighted by Crippen LogP contribution is 2.18. The number of unbranched alkanes of at least 4 members (excludes halogenated alkanes) is 11. The van der Waals surface area contributed by atoms with E-state index in [0.29, 0.717) is 6.42 Å². The van der Waals surface area contributed by atoms with Gasteiger partial charge >= 0.3 is 0 Å². The van der Waals surface area contributed by atoms with Crippen molar-refractivity contribution < 1.29 is 4.79 Å². The molecule has 21 heavy (non-hydrogen) atoms. The second-order valence-electron chi connectivity index (χ2n) is 6.37. The number of hydrogen-bond donors (Lipinski definition) is 0. The smallest absolute Gasteiger partial charge is 0.167 e. The van der Waals surface area contributed by atoms with Crippen molar-refractivity contribution in [3.63, 3.8) is 0 Å². The van der Waals surface area contributed by atoms with Crippen molar-refractivity contribution in [1.82, 2.24) is 0 Å². The highest BCUT2D eigenvalue weighted by atomic mass is 16.1. The van der Waals surface area contributed by atoms with Crippen molar-refractivity contribution in [2.45, 2.75) is 96.8 Å². The Bertz CT molecular complexity index is 325. The Kier molecular flexibility index (Phi) is 11.1. The Labute approximate surface area is 131 Å². The van der Waals surface area contributed by atoms with Crippen molar-refractivity contribution in [2.75, 3.05) is 0 Å². The molecule has 1 nitrogen and oxygen atoms in total. The van der Waals surface area contributed by atoms with Gasteiger partial charge in [-0.2, -0.15) is 0 Å². The molecule has 0 aromatic heterocycles. The zero-order chi connectivity index (χ0) is 15.2. The summed E-state index contributed by atoms with van der Waals surface area (Å²) >= 11 is 0. The van der Waals surface area contributed by atoms with E-state index in [2.05, 4.69) is 19.1 Å². The zero-order valence-electron chi connectivity index (χ0n) is 14.0. The zero-order valence-corrected chi connectivity index (χ0v) is 14.0. The molecule has 1 heteroatoms. The molecular formula is C20H33O. The molecule has 0 fully saturated rings. The number of carbonyl (C=O) groups excluding carboxylic acids is 1. The van der Waals surface area contributed by atoms with Gasteiger partial charge in [0.05, 0.1) is 0 Å². The average molecular weight is 289 g/mol. The van der Waals surface area contributed by atoms with Gasteiger partial charge in [-0.15, -0.1) is 0 Å².